The standard InChI is InChI=1S/C20H22N4O3S/c1-27-15-5-2-4-14(10-15)17-11-18-20(26)23(7-8-24(18)22-17)13-19(25)21-12-16-6-3-9-28-16/h2-10,17-18,22H,11-13H2,1H3,(H,21,25). The number of hydrazine groups is 1. The van der Waals surface area contributed by atoms with Crippen molar-refractivity contribution in [3.63, 3.8) is 0 Å². The van der Waals surface area contributed by atoms with Crippen LogP contribution in [-0.2, 0) is 16.1 Å². The summed E-state index contributed by atoms with van der Waals surface area (Å²) in [6.07, 6.45) is 4.10. The fourth-order valence-corrected chi connectivity index (χ4v) is 4.10. The van der Waals surface area contributed by atoms with Crippen molar-refractivity contribution in [3.8, 4) is 5.75 Å². The molecule has 0 bridgehead atoms. The summed E-state index contributed by atoms with van der Waals surface area (Å²) in [6.45, 7) is 0.506. The molecule has 0 spiro atoms. The molecule has 0 saturated carbocycles. The van der Waals surface area contributed by atoms with Crippen LogP contribution in [0.25, 0.3) is 0 Å². The van der Waals surface area contributed by atoms with Crippen molar-refractivity contribution in [2.24, 2.45) is 0 Å². The van der Waals surface area contributed by atoms with E-state index in [0.29, 0.717) is 13.0 Å². The molecule has 1 fully saturated rings. The third kappa shape index (κ3) is 3.88. The van der Waals surface area contributed by atoms with E-state index >= 15 is 0 Å². The summed E-state index contributed by atoms with van der Waals surface area (Å²) in [7, 11) is 1.64. The van der Waals surface area contributed by atoms with E-state index in [1.54, 1.807) is 24.6 Å². The zero-order chi connectivity index (χ0) is 19.5. The monoisotopic (exact) mass is 398 g/mol. The summed E-state index contributed by atoms with van der Waals surface area (Å²) in [5.41, 5.74) is 4.42. The van der Waals surface area contributed by atoms with Gasteiger partial charge in [-0.3, -0.25) is 9.59 Å². The molecule has 1 aromatic carbocycles. The molecule has 0 radical (unpaired) electrons. The lowest BCUT2D eigenvalue weighted by molar-refractivity contribution is -0.138. The van der Waals surface area contributed by atoms with Gasteiger partial charge in [0.1, 0.15) is 18.3 Å². The van der Waals surface area contributed by atoms with Crippen molar-refractivity contribution in [1.82, 2.24) is 20.7 Å². The van der Waals surface area contributed by atoms with Gasteiger partial charge in [-0.1, -0.05) is 18.2 Å². The van der Waals surface area contributed by atoms with Crippen LogP contribution in [0.5, 0.6) is 5.75 Å². The summed E-state index contributed by atoms with van der Waals surface area (Å²) < 4.78 is 5.29. The smallest absolute Gasteiger partial charge is 0.251 e. The van der Waals surface area contributed by atoms with Gasteiger partial charge >= 0.3 is 0 Å². The molecular weight excluding hydrogens is 376 g/mol. The number of hydrogen-bond donors (Lipinski definition) is 2. The number of methoxy groups -OCH3 is 1. The largest absolute Gasteiger partial charge is 0.497 e. The van der Waals surface area contributed by atoms with Crippen LogP contribution in [0.15, 0.2) is 54.2 Å². The van der Waals surface area contributed by atoms with Gasteiger partial charge < -0.3 is 20.0 Å². The maximum absolute atomic E-state index is 12.9. The second kappa shape index (κ2) is 8.04. The molecule has 1 aromatic heterocycles. The minimum absolute atomic E-state index is 0.0151. The number of carbonyl (C=O) groups is 2. The molecule has 3 heterocycles. The highest BCUT2D eigenvalue weighted by molar-refractivity contribution is 7.09. The first-order valence-corrected chi connectivity index (χ1v) is 9.98. The Labute approximate surface area is 167 Å². The van der Waals surface area contributed by atoms with Gasteiger partial charge in [0, 0.05) is 17.3 Å². The van der Waals surface area contributed by atoms with Crippen molar-refractivity contribution >= 4 is 23.2 Å². The van der Waals surface area contributed by atoms with Gasteiger partial charge in [0.15, 0.2) is 0 Å². The van der Waals surface area contributed by atoms with E-state index in [-0.39, 0.29) is 30.4 Å². The van der Waals surface area contributed by atoms with Crippen molar-refractivity contribution in [2.45, 2.75) is 25.0 Å². The van der Waals surface area contributed by atoms with Crippen LogP contribution < -0.4 is 15.5 Å². The van der Waals surface area contributed by atoms with Crippen LogP contribution in [-0.4, -0.2) is 41.4 Å². The molecule has 1 saturated heterocycles. The summed E-state index contributed by atoms with van der Waals surface area (Å²) in [5.74, 6) is 0.539. The van der Waals surface area contributed by atoms with Crippen molar-refractivity contribution in [3.05, 3.63) is 64.6 Å². The number of nitrogens with one attached hydrogen (secondary N) is 2. The lowest BCUT2D eigenvalue weighted by Gasteiger charge is -2.31. The molecule has 2 aliphatic rings. The van der Waals surface area contributed by atoms with Crippen LogP contribution >= 0.6 is 11.3 Å². The van der Waals surface area contributed by atoms with Crippen molar-refractivity contribution in [2.75, 3.05) is 13.7 Å². The number of rotatable bonds is 6. The fraction of sp³-hybridized carbons (Fsp3) is 0.300. The number of ether oxygens (including phenoxy) is 1. The molecule has 2 atom stereocenters. The molecule has 146 valence electrons. The van der Waals surface area contributed by atoms with Gasteiger partial charge in [-0.05, 0) is 35.6 Å². The minimum atomic E-state index is -0.328. The van der Waals surface area contributed by atoms with E-state index < -0.39 is 0 Å². The number of thiophene rings is 1. The maximum Gasteiger partial charge on any atom is 0.251 e. The summed E-state index contributed by atoms with van der Waals surface area (Å²) in [5, 5.41) is 6.66. The van der Waals surface area contributed by atoms with E-state index in [1.807, 2.05) is 53.0 Å². The van der Waals surface area contributed by atoms with E-state index in [0.717, 1.165) is 16.2 Å². The van der Waals surface area contributed by atoms with Crippen LogP contribution in [0.2, 0.25) is 0 Å². The number of amides is 2. The summed E-state index contributed by atoms with van der Waals surface area (Å²) >= 11 is 1.59. The molecule has 7 nitrogen and oxygen atoms in total. The number of benzene rings is 1. The number of hydrogen-bond acceptors (Lipinski definition) is 6. The normalized spacial score (nSPS) is 21.0. The highest BCUT2D eigenvalue weighted by Crippen LogP contribution is 2.32. The topological polar surface area (TPSA) is 73.9 Å². The second-order valence-corrected chi connectivity index (χ2v) is 7.77. The molecule has 2 aliphatic heterocycles. The Morgan fingerprint density at radius 2 is 2.21 bits per heavy atom. The lowest BCUT2D eigenvalue weighted by Crippen LogP contribution is -2.50. The van der Waals surface area contributed by atoms with Gasteiger partial charge in [0.05, 0.1) is 19.7 Å². The molecule has 2 N–H and O–H groups in total. The van der Waals surface area contributed by atoms with Crippen molar-refractivity contribution in [1.29, 1.82) is 0 Å². The van der Waals surface area contributed by atoms with E-state index in [2.05, 4.69) is 10.7 Å². The van der Waals surface area contributed by atoms with Gasteiger partial charge in [0.2, 0.25) is 5.91 Å². The Kier molecular flexibility index (Phi) is 5.31. The Balaban J connectivity index is 1.36. The Morgan fingerprint density at radius 3 is 3.00 bits per heavy atom. The Morgan fingerprint density at radius 1 is 1.32 bits per heavy atom. The summed E-state index contributed by atoms with van der Waals surface area (Å²) in [4.78, 5) is 27.7. The maximum atomic E-state index is 12.9. The first kappa shape index (κ1) is 18.5. The molecule has 2 unspecified atom stereocenters. The number of carbonyl (C=O) groups excluding carboxylic acids is 2. The Bertz CT molecular complexity index is 883. The molecule has 2 aromatic rings. The molecule has 28 heavy (non-hydrogen) atoms. The molecule has 4 rings (SSSR count). The van der Waals surface area contributed by atoms with E-state index in [1.165, 1.54) is 4.90 Å². The Hall–Kier alpha value is -2.84. The van der Waals surface area contributed by atoms with Crippen LogP contribution in [0.4, 0.5) is 0 Å². The summed E-state index contributed by atoms with van der Waals surface area (Å²) in [6, 6.07) is 11.4. The first-order valence-electron chi connectivity index (χ1n) is 9.10. The van der Waals surface area contributed by atoms with Crippen molar-refractivity contribution < 1.29 is 14.3 Å². The SMILES string of the molecule is COc1cccc(C2CC3C(=O)N(CC(=O)NCc4cccs4)C=CN3N2)c1. The number of fused-ring (bicyclic) bond motifs is 1. The number of nitrogens with zero attached hydrogens (tertiary/aromatic N) is 2. The molecular formula is C20H22N4O3S. The van der Waals surface area contributed by atoms with E-state index in [9.17, 15) is 9.59 Å². The predicted octanol–water partition coefficient (Wildman–Crippen LogP) is 2.01. The molecule has 0 aliphatic carbocycles. The molecule has 8 heteroatoms. The third-order valence-corrected chi connectivity index (χ3v) is 5.80. The van der Waals surface area contributed by atoms with E-state index in [4.69, 9.17) is 4.74 Å². The van der Waals surface area contributed by atoms with Crippen LogP contribution in [0, 0.1) is 0 Å². The highest BCUT2D eigenvalue weighted by atomic mass is 32.1. The average molecular weight is 398 g/mol. The minimum Gasteiger partial charge on any atom is -0.497 e. The predicted molar refractivity (Wildman–Crippen MR) is 106 cm³/mol. The highest BCUT2D eigenvalue weighted by Gasteiger charge is 2.40. The van der Waals surface area contributed by atoms with Crippen LogP contribution in [0.1, 0.15) is 22.9 Å². The first-order chi connectivity index (χ1) is 13.6. The van der Waals surface area contributed by atoms with Gasteiger partial charge in [-0.2, -0.15) is 0 Å². The van der Waals surface area contributed by atoms with Gasteiger partial charge in [-0.15, -0.1) is 11.3 Å². The zero-order valence-electron chi connectivity index (χ0n) is 15.5. The quantitative estimate of drug-likeness (QED) is 0.779. The lowest BCUT2D eigenvalue weighted by atomic mass is 10.0. The molecule has 2 amide bonds. The fourth-order valence-electron chi connectivity index (χ4n) is 3.45. The third-order valence-electron chi connectivity index (χ3n) is 4.93. The second-order valence-electron chi connectivity index (χ2n) is 6.74. The zero-order valence-corrected chi connectivity index (χ0v) is 16.3. The van der Waals surface area contributed by atoms with Gasteiger partial charge in [-0.25, -0.2) is 5.43 Å². The average Bonchev–Trinajstić information content (AvgIpc) is 3.38. The van der Waals surface area contributed by atoms with Crippen LogP contribution in [0.3, 0.4) is 0 Å². The van der Waals surface area contributed by atoms with Gasteiger partial charge in [0.25, 0.3) is 5.91 Å².